The highest BCUT2D eigenvalue weighted by Crippen LogP contribution is 2.49. The minimum atomic E-state index is -1.57. The van der Waals surface area contributed by atoms with Gasteiger partial charge in [-0.2, -0.15) is 0 Å². The quantitative estimate of drug-likeness (QED) is 0.288. The SMILES string of the molecule is COC(=O)CCN1CCC([C@](C)(O)c2cc(F)c3c(c2)C(=O)N(Cc2ccc(Cl)cc2)[C@@]3(OC)c2ccc(Cl)cc2)CC1. The Hall–Kier alpha value is -3.01. The number of esters is 1. The molecule has 2 aliphatic rings. The number of halogens is 3. The Bertz CT molecular complexity index is 1490. The van der Waals surface area contributed by atoms with Crippen LogP contribution in [-0.4, -0.2) is 60.6 Å². The Morgan fingerprint density at radius 2 is 1.65 bits per heavy atom. The molecule has 0 bridgehead atoms. The van der Waals surface area contributed by atoms with Crippen molar-refractivity contribution in [1.29, 1.82) is 0 Å². The molecule has 1 fully saturated rings. The Morgan fingerprint density at radius 3 is 2.23 bits per heavy atom. The summed E-state index contributed by atoms with van der Waals surface area (Å²) in [6.07, 6.45) is 1.60. The van der Waals surface area contributed by atoms with Crippen molar-refractivity contribution in [2.75, 3.05) is 33.9 Å². The minimum absolute atomic E-state index is 0.0912. The lowest BCUT2D eigenvalue weighted by atomic mass is 9.76. The molecule has 1 amide bonds. The number of benzene rings is 3. The van der Waals surface area contributed by atoms with Crippen LogP contribution in [0.1, 0.15) is 58.8 Å². The number of piperidine rings is 1. The number of nitrogens with zero attached hydrogens (tertiary/aromatic N) is 2. The average molecular weight is 630 g/mol. The van der Waals surface area contributed by atoms with E-state index in [4.69, 9.17) is 32.7 Å². The fourth-order valence-electron chi connectivity index (χ4n) is 6.40. The molecular weight excluding hydrogens is 594 g/mol. The zero-order valence-electron chi connectivity index (χ0n) is 24.4. The van der Waals surface area contributed by atoms with E-state index in [0.29, 0.717) is 60.1 Å². The summed E-state index contributed by atoms with van der Waals surface area (Å²) in [5, 5.41) is 12.9. The van der Waals surface area contributed by atoms with Crippen LogP contribution in [0.25, 0.3) is 0 Å². The van der Waals surface area contributed by atoms with Crippen LogP contribution in [0.4, 0.5) is 4.39 Å². The smallest absolute Gasteiger partial charge is 0.306 e. The van der Waals surface area contributed by atoms with Crippen LogP contribution in [0.3, 0.4) is 0 Å². The third kappa shape index (κ3) is 5.91. The van der Waals surface area contributed by atoms with E-state index < -0.39 is 23.1 Å². The van der Waals surface area contributed by atoms with Gasteiger partial charge < -0.3 is 19.5 Å². The molecule has 1 N–H and O–H groups in total. The minimum Gasteiger partial charge on any atom is -0.469 e. The van der Waals surface area contributed by atoms with Crippen LogP contribution < -0.4 is 0 Å². The molecule has 5 rings (SSSR count). The van der Waals surface area contributed by atoms with Gasteiger partial charge in [0.1, 0.15) is 5.82 Å². The van der Waals surface area contributed by atoms with Crippen molar-refractivity contribution >= 4 is 35.1 Å². The number of hydrogen-bond acceptors (Lipinski definition) is 6. The van der Waals surface area contributed by atoms with Crippen molar-refractivity contribution in [3.63, 3.8) is 0 Å². The van der Waals surface area contributed by atoms with E-state index in [-0.39, 0.29) is 29.6 Å². The number of fused-ring (bicyclic) bond motifs is 1. The maximum atomic E-state index is 16.4. The molecule has 1 saturated heterocycles. The zero-order chi connectivity index (χ0) is 30.9. The number of likely N-dealkylation sites (tertiary alicyclic amines) is 1. The fraction of sp³-hybridized carbons (Fsp3) is 0.394. The third-order valence-electron chi connectivity index (χ3n) is 8.90. The normalized spacial score (nSPS) is 20.6. The van der Waals surface area contributed by atoms with Gasteiger partial charge in [-0.25, -0.2) is 4.39 Å². The highest BCUT2D eigenvalue weighted by Gasteiger charge is 2.54. The van der Waals surface area contributed by atoms with Gasteiger partial charge in [-0.15, -0.1) is 0 Å². The predicted molar refractivity (Wildman–Crippen MR) is 162 cm³/mol. The highest BCUT2D eigenvalue weighted by molar-refractivity contribution is 6.30. The van der Waals surface area contributed by atoms with Gasteiger partial charge in [-0.05, 0) is 86.3 Å². The molecule has 0 unspecified atom stereocenters. The third-order valence-corrected chi connectivity index (χ3v) is 9.40. The summed E-state index contributed by atoms with van der Waals surface area (Å²) in [5.41, 5.74) is -1.09. The summed E-state index contributed by atoms with van der Waals surface area (Å²) in [6, 6.07) is 16.8. The Labute approximate surface area is 261 Å². The Kier molecular flexibility index (Phi) is 9.16. The first-order valence-electron chi connectivity index (χ1n) is 14.2. The number of hydrogen-bond donors (Lipinski definition) is 1. The lowest BCUT2D eigenvalue weighted by Gasteiger charge is -2.40. The van der Waals surface area contributed by atoms with E-state index in [0.717, 1.165) is 5.56 Å². The standard InChI is InChI=1S/C33H35Cl2FN2O5/c1-32(41,22-12-15-37(16-13-22)17-14-29(39)42-2)24-18-27-30(28(36)19-24)33(43-3,23-6-10-26(35)11-7-23)38(31(27)40)20-21-4-8-25(34)9-5-21/h4-11,18-19,22,41H,12-17,20H2,1-3H3/t32-,33+/m0/s1. The molecule has 0 aliphatic carbocycles. The van der Waals surface area contributed by atoms with Gasteiger partial charge in [0.2, 0.25) is 0 Å². The van der Waals surface area contributed by atoms with E-state index >= 15 is 4.39 Å². The molecule has 2 heterocycles. The Balaban J connectivity index is 1.51. The van der Waals surface area contributed by atoms with Gasteiger partial charge >= 0.3 is 5.97 Å². The van der Waals surface area contributed by atoms with Crippen LogP contribution in [0, 0.1) is 11.7 Å². The fourth-order valence-corrected chi connectivity index (χ4v) is 6.65. The molecule has 43 heavy (non-hydrogen) atoms. The van der Waals surface area contributed by atoms with Gasteiger partial charge in [0, 0.05) is 35.8 Å². The molecule has 0 spiro atoms. The second-order valence-corrected chi connectivity index (χ2v) is 12.2. The lowest BCUT2D eigenvalue weighted by Crippen LogP contribution is -2.46. The van der Waals surface area contributed by atoms with Crippen molar-refractivity contribution in [2.45, 2.75) is 44.1 Å². The number of carbonyl (C=O) groups is 2. The van der Waals surface area contributed by atoms with E-state index in [1.54, 1.807) is 49.4 Å². The van der Waals surface area contributed by atoms with E-state index in [2.05, 4.69) is 4.90 Å². The topological polar surface area (TPSA) is 79.3 Å². The maximum absolute atomic E-state index is 16.4. The molecule has 7 nitrogen and oxygen atoms in total. The summed E-state index contributed by atoms with van der Waals surface area (Å²) in [5.74, 6) is -1.50. The summed E-state index contributed by atoms with van der Waals surface area (Å²) in [6.45, 7) is 3.74. The van der Waals surface area contributed by atoms with Crippen molar-refractivity contribution in [1.82, 2.24) is 9.80 Å². The average Bonchev–Trinajstić information content (AvgIpc) is 3.25. The summed E-state index contributed by atoms with van der Waals surface area (Å²) in [7, 11) is 2.82. The van der Waals surface area contributed by atoms with Crippen LogP contribution >= 0.6 is 23.2 Å². The van der Waals surface area contributed by atoms with Crippen molar-refractivity contribution < 1.29 is 28.6 Å². The van der Waals surface area contributed by atoms with Gasteiger partial charge in [-0.3, -0.25) is 14.5 Å². The predicted octanol–water partition coefficient (Wildman–Crippen LogP) is 6.12. The molecule has 2 atom stereocenters. The second kappa shape index (κ2) is 12.5. The van der Waals surface area contributed by atoms with Gasteiger partial charge in [-0.1, -0.05) is 47.5 Å². The van der Waals surface area contributed by atoms with Crippen molar-refractivity contribution in [3.8, 4) is 0 Å². The second-order valence-electron chi connectivity index (χ2n) is 11.3. The number of amides is 1. The largest absolute Gasteiger partial charge is 0.469 e. The number of rotatable bonds is 9. The molecule has 0 aromatic heterocycles. The van der Waals surface area contributed by atoms with Crippen LogP contribution in [-0.2, 0) is 32.1 Å². The molecule has 10 heteroatoms. The number of carbonyl (C=O) groups excluding carboxylic acids is 2. The molecule has 3 aromatic rings. The molecule has 0 radical (unpaired) electrons. The summed E-state index contributed by atoms with van der Waals surface area (Å²) in [4.78, 5) is 29.4. The molecule has 3 aromatic carbocycles. The van der Waals surface area contributed by atoms with Gasteiger partial charge in [0.25, 0.3) is 5.91 Å². The maximum Gasteiger partial charge on any atom is 0.306 e. The molecular formula is C33H35Cl2FN2O5. The first-order valence-corrected chi connectivity index (χ1v) is 15.0. The number of ether oxygens (including phenoxy) is 2. The van der Waals surface area contributed by atoms with E-state index in [9.17, 15) is 14.7 Å². The first kappa shape index (κ1) is 31.4. The zero-order valence-corrected chi connectivity index (χ0v) is 25.9. The van der Waals surface area contributed by atoms with Crippen LogP contribution in [0.5, 0.6) is 0 Å². The van der Waals surface area contributed by atoms with Gasteiger partial charge in [0.05, 0.1) is 30.3 Å². The molecule has 228 valence electrons. The van der Waals surface area contributed by atoms with Crippen LogP contribution in [0.2, 0.25) is 10.0 Å². The molecule has 2 aliphatic heterocycles. The van der Waals surface area contributed by atoms with Crippen molar-refractivity contribution in [3.05, 3.63) is 104 Å². The highest BCUT2D eigenvalue weighted by atomic mass is 35.5. The van der Waals surface area contributed by atoms with Gasteiger partial charge in [0.15, 0.2) is 5.72 Å². The van der Waals surface area contributed by atoms with Crippen LogP contribution in [0.15, 0.2) is 60.7 Å². The number of aliphatic hydroxyl groups is 1. The molecule has 0 saturated carbocycles. The van der Waals surface area contributed by atoms with E-state index in [1.165, 1.54) is 25.2 Å². The monoisotopic (exact) mass is 628 g/mol. The number of methoxy groups -OCH3 is 2. The lowest BCUT2D eigenvalue weighted by molar-refractivity contribution is -0.141. The van der Waals surface area contributed by atoms with E-state index in [1.807, 2.05) is 12.1 Å². The van der Waals surface area contributed by atoms with Crippen molar-refractivity contribution in [2.24, 2.45) is 5.92 Å². The Morgan fingerprint density at radius 1 is 1.05 bits per heavy atom. The summed E-state index contributed by atoms with van der Waals surface area (Å²) < 4.78 is 27.3. The summed E-state index contributed by atoms with van der Waals surface area (Å²) >= 11 is 12.3. The first-order chi connectivity index (χ1) is 20.5.